The third-order valence-corrected chi connectivity index (χ3v) is 7.50. The number of hydrogen-bond acceptors (Lipinski definition) is 4. The zero-order chi connectivity index (χ0) is 24.3. The van der Waals surface area contributed by atoms with Crippen LogP contribution in [0.25, 0.3) is 5.69 Å². The predicted octanol–water partition coefficient (Wildman–Crippen LogP) is 3.83. The number of nitrogens with two attached hydrogens (primary N) is 1. The van der Waals surface area contributed by atoms with Crippen molar-refractivity contribution in [2.45, 2.75) is 37.5 Å². The third-order valence-electron chi connectivity index (χ3n) is 7.26. The summed E-state index contributed by atoms with van der Waals surface area (Å²) in [7, 11) is 0. The van der Waals surface area contributed by atoms with E-state index in [1.807, 2.05) is 24.3 Å². The molecule has 3 aromatic rings. The summed E-state index contributed by atoms with van der Waals surface area (Å²) in [5.74, 6) is -0.770. The Kier molecular flexibility index (Phi) is 4.96. The first kappa shape index (κ1) is 21.9. The molecule has 0 unspecified atom stereocenters. The molecule has 2 N–H and O–H groups in total. The van der Waals surface area contributed by atoms with Crippen molar-refractivity contribution in [2.24, 2.45) is 5.73 Å². The number of hydrogen-bond donors (Lipinski definition) is 1. The second kappa shape index (κ2) is 7.95. The number of carbonyl (C=O) groups is 3. The largest absolute Gasteiger partial charge is 0.364 e. The number of halogens is 1. The van der Waals surface area contributed by atoms with E-state index in [1.54, 1.807) is 34.1 Å². The fourth-order valence-electron chi connectivity index (χ4n) is 5.33. The highest BCUT2D eigenvalue weighted by Gasteiger charge is 2.56. The van der Waals surface area contributed by atoms with Crippen LogP contribution in [-0.4, -0.2) is 40.6 Å². The van der Waals surface area contributed by atoms with Crippen LogP contribution in [0.1, 0.15) is 58.6 Å². The van der Waals surface area contributed by atoms with E-state index in [0.717, 1.165) is 37.1 Å². The Hall–Kier alpha value is -3.65. The molecule has 2 aliphatic heterocycles. The maximum Gasteiger partial charge on any atom is 0.277 e. The average Bonchev–Trinajstić information content (AvgIpc) is 3.49. The quantitative estimate of drug-likeness (QED) is 0.601. The molecule has 3 aliphatic rings. The average molecular weight is 490 g/mol. The first-order valence-corrected chi connectivity index (χ1v) is 12.2. The summed E-state index contributed by atoms with van der Waals surface area (Å²) < 4.78 is 1.50. The number of anilines is 2. The molecular formula is C26H24ClN5O3. The Bertz CT molecular complexity index is 1380. The molecule has 6 rings (SSSR count). The molecule has 3 amide bonds. The van der Waals surface area contributed by atoms with Crippen LogP contribution in [-0.2, 0) is 10.2 Å². The summed E-state index contributed by atoms with van der Waals surface area (Å²) in [6, 6.07) is 14.6. The Morgan fingerprint density at radius 3 is 2.31 bits per heavy atom. The lowest BCUT2D eigenvalue weighted by atomic mass is 9.88. The molecule has 0 atom stereocenters. The van der Waals surface area contributed by atoms with Gasteiger partial charge in [0.2, 0.25) is 5.91 Å². The molecule has 1 aliphatic carbocycles. The van der Waals surface area contributed by atoms with Crippen LogP contribution in [0, 0.1) is 0 Å². The number of aromatic nitrogens is 2. The van der Waals surface area contributed by atoms with Gasteiger partial charge in [-0.2, -0.15) is 5.10 Å². The van der Waals surface area contributed by atoms with Crippen LogP contribution in [0.5, 0.6) is 0 Å². The van der Waals surface area contributed by atoms with Crippen LogP contribution >= 0.6 is 11.6 Å². The van der Waals surface area contributed by atoms with Crippen molar-refractivity contribution >= 4 is 40.7 Å². The molecule has 9 heteroatoms. The van der Waals surface area contributed by atoms with Gasteiger partial charge in [-0.05, 0) is 68.1 Å². The van der Waals surface area contributed by atoms with E-state index < -0.39 is 5.91 Å². The van der Waals surface area contributed by atoms with Crippen molar-refractivity contribution in [1.29, 1.82) is 0 Å². The van der Waals surface area contributed by atoms with E-state index in [2.05, 4.69) is 5.10 Å². The van der Waals surface area contributed by atoms with E-state index in [1.165, 1.54) is 4.68 Å². The van der Waals surface area contributed by atoms with Gasteiger partial charge in [-0.15, -0.1) is 0 Å². The molecule has 1 spiro atoms. The Morgan fingerprint density at radius 1 is 0.971 bits per heavy atom. The van der Waals surface area contributed by atoms with Gasteiger partial charge in [0.15, 0.2) is 5.69 Å². The van der Waals surface area contributed by atoms with Crippen molar-refractivity contribution < 1.29 is 14.4 Å². The SMILES string of the molecule is NC(=O)c1nn(-c2cccc(Cl)c2)c2c1C1(CC1)CN(c1ccc(N3CCCCC3=O)cc1)C2=O. The van der Waals surface area contributed by atoms with Gasteiger partial charge in [0.1, 0.15) is 5.69 Å². The van der Waals surface area contributed by atoms with Crippen molar-refractivity contribution in [3.63, 3.8) is 0 Å². The molecule has 178 valence electrons. The van der Waals surface area contributed by atoms with Crippen molar-refractivity contribution in [1.82, 2.24) is 9.78 Å². The third kappa shape index (κ3) is 3.51. The van der Waals surface area contributed by atoms with Gasteiger partial charge in [0.25, 0.3) is 11.8 Å². The molecule has 0 radical (unpaired) electrons. The predicted molar refractivity (Wildman–Crippen MR) is 132 cm³/mol. The Balaban J connectivity index is 1.43. The zero-order valence-electron chi connectivity index (χ0n) is 19.0. The number of benzene rings is 2. The monoisotopic (exact) mass is 489 g/mol. The highest BCUT2D eigenvalue weighted by atomic mass is 35.5. The minimum Gasteiger partial charge on any atom is -0.364 e. The molecule has 8 nitrogen and oxygen atoms in total. The molecule has 1 aromatic heterocycles. The standard InChI is InChI=1S/C26H24ClN5O3/c27-16-4-3-5-19(14-16)32-23-21(22(29-32)24(28)34)26(11-12-26)15-31(25(23)35)18-9-7-17(8-10-18)30-13-2-1-6-20(30)33/h3-5,7-10,14H,1-2,6,11-13,15H2,(H2,28,34). The lowest BCUT2D eigenvalue weighted by Gasteiger charge is -2.34. The fraction of sp³-hybridized carbons (Fsp3) is 0.308. The zero-order valence-corrected chi connectivity index (χ0v) is 19.8. The van der Waals surface area contributed by atoms with Gasteiger partial charge in [0, 0.05) is 46.9 Å². The highest BCUT2D eigenvalue weighted by molar-refractivity contribution is 6.30. The first-order chi connectivity index (χ1) is 16.9. The lowest BCUT2D eigenvalue weighted by molar-refractivity contribution is -0.119. The first-order valence-electron chi connectivity index (χ1n) is 11.8. The Labute approximate surface area is 207 Å². The van der Waals surface area contributed by atoms with Gasteiger partial charge >= 0.3 is 0 Å². The van der Waals surface area contributed by atoms with Gasteiger partial charge in [0.05, 0.1) is 5.69 Å². The van der Waals surface area contributed by atoms with Gasteiger partial charge in [-0.1, -0.05) is 17.7 Å². The molecule has 35 heavy (non-hydrogen) atoms. The number of amides is 3. The summed E-state index contributed by atoms with van der Waals surface area (Å²) >= 11 is 6.21. The molecule has 3 heterocycles. The summed E-state index contributed by atoms with van der Waals surface area (Å²) in [4.78, 5) is 42.1. The summed E-state index contributed by atoms with van der Waals surface area (Å²) in [5, 5.41) is 4.99. The molecular weight excluding hydrogens is 466 g/mol. The van der Waals surface area contributed by atoms with E-state index >= 15 is 0 Å². The van der Waals surface area contributed by atoms with E-state index in [4.69, 9.17) is 17.3 Å². The topological polar surface area (TPSA) is 102 Å². The van der Waals surface area contributed by atoms with E-state index in [-0.39, 0.29) is 22.9 Å². The van der Waals surface area contributed by atoms with Gasteiger partial charge in [-0.25, -0.2) is 4.68 Å². The maximum absolute atomic E-state index is 13.9. The second-order valence-electron chi connectivity index (χ2n) is 9.52. The molecule has 0 bridgehead atoms. The van der Waals surface area contributed by atoms with E-state index in [9.17, 15) is 14.4 Å². The number of primary amides is 1. The van der Waals surface area contributed by atoms with Crippen LogP contribution in [0.15, 0.2) is 48.5 Å². The van der Waals surface area contributed by atoms with E-state index in [0.29, 0.717) is 41.5 Å². The van der Waals surface area contributed by atoms with Gasteiger partial charge < -0.3 is 15.5 Å². The van der Waals surface area contributed by atoms with Crippen molar-refractivity contribution in [3.05, 3.63) is 70.5 Å². The summed E-state index contributed by atoms with van der Waals surface area (Å²) in [6.45, 7) is 1.16. The van der Waals surface area contributed by atoms with Crippen LogP contribution < -0.4 is 15.5 Å². The number of piperidine rings is 1. The fourth-order valence-corrected chi connectivity index (χ4v) is 5.51. The normalized spacial score (nSPS) is 18.7. The second-order valence-corrected chi connectivity index (χ2v) is 9.96. The highest BCUT2D eigenvalue weighted by Crippen LogP contribution is 2.54. The van der Waals surface area contributed by atoms with Crippen LogP contribution in [0.3, 0.4) is 0 Å². The molecule has 2 fully saturated rings. The minimum atomic E-state index is -0.648. The van der Waals surface area contributed by atoms with Gasteiger partial charge in [-0.3, -0.25) is 14.4 Å². The Morgan fingerprint density at radius 2 is 1.69 bits per heavy atom. The minimum absolute atomic E-state index is 0.129. The molecule has 2 aromatic carbocycles. The molecule has 1 saturated carbocycles. The van der Waals surface area contributed by atoms with Crippen LogP contribution in [0.2, 0.25) is 5.02 Å². The number of carbonyl (C=O) groups excluding carboxylic acids is 3. The van der Waals surface area contributed by atoms with Crippen LogP contribution in [0.4, 0.5) is 11.4 Å². The molecule has 1 saturated heterocycles. The van der Waals surface area contributed by atoms with Crippen molar-refractivity contribution in [3.8, 4) is 5.69 Å². The summed E-state index contributed by atoms with van der Waals surface area (Å²) in [5.41, 5.74) is 8.64. The van der Waals surface area contributed by atoms with Crippen molar-refractivity contribution in [2.75, 3.05) is 22.9 Å². The summed E-state index contributed by atoms with van der Waals surface area (Å²) in [6.07, 6.45) is 4.15. The number of rotatable bonds is 4. The number of nitrogens with zero attached hydrogens (tertiary/aromatic N) is 4. The maximum atomic E-state index is 13.9. The smallest absolute Gasteiger partial charge is 0.277 e. The number of fused-ring (bicyclic) bond motifs is 2. The lowest BCUT2D eigenvalue weighted by Crippen LogP contribution is -2.45.